The number of carbonyl (C=O) groups is 1. The van der Waals surface area contributed by atoms with Crippen molar-refractivity contribution in [3.05, 3.63) is 34.8 Å². The van der Waals surface area contributed by atoms with E-state index >= 15 is 0 Å². The summed E-state index contributed by atoms with van der Waals surface area (Å²) in [5.41, 5.74) is 7.49. The number of nitrogens with two attached hydrogens (primary N) is 1. The summed E-state index contributed by atoms with van der Waals surface area (Å²) in [6, 6.07) is 5.77. The summed E-state index contributed by atoms with van der Waals surface area (Å²) >= 11 is 1.39. The fourth-order valence-electron chi connectivity index (χ4n) is 2.63. The van der Waals surface area contributed by atoms with Gasteiger partial charge in [0.2, 0.25) is 5.91 Å². The highest BCUT2D eigenvalue weighted by atomic mass is 32.1. The van der Waals surface area contributed by atoms with Gasteiger partial charge in [0.05, 0.1) is 18.8 Å². The highest BCUT2D eigenvalue weighted by Crippen LogP contribution is 2.34. The van der Waals surface area contributed by atoms with Gasteiger partial charge >= 0.3 is 0 Å². The predicted octanol–water partition coefficient (Wildman–Crippen LogP) is 1.79. The molecule has 0 spiro atoms. The number of nitrogen functional groups attached to an aromatic ring is 1. The van der Waals surface area contributed by atoms with E-state index in [-0.39, 0.29) is 11.9 Å². The van der Waals surface area contributed by atoms with Gasteiger partial charge in [-0.05, 0) is 18.9 Å². The predicted molar refractivity (Wildman–Crippen MR) is 89.0 cm³/mol. The van der Waals surface area contributed by atoms with Gasteiger partial charge in [-0.1, -0.05) is 12.1 Å². The number of anilines is 1. The molecule has 1 aromatic heterocycles. The van der Waals surface area contributed by atoms with Crippen LogP contribution in [-0.2, 0) is 17.6 Å². The zero-order valence-corrected chi connectivity index (χ0v) is 13.7. The van der Waals surface area contributed by atoms with Crippen LogP contribution in [0.1, 0.15) is 17.7 Å². The number of aromatic nitrogens is 1. The Hall–Kier alpha value is -2.28. The molecule has 2 heterocycles. The summed E-state index contributed by atoms with van der Waals surface area (Å²) < 4.78 is 11.0. The van der Waals surface area contributed by atoms with Crippen LogP contribution in [0.15, 0.2) is 23.6 Å². The molecule has 0 aliphatic carbocycles. The number of ether oxygens (including phenoxy) is 2. The van der Waals surface area contributed by atoms with Crippen LogP contribution in [0, 0.1) is 0 Å². The molecule has 1 aliphatic heterocycles. The van der Waals surface area contributed by atoms with Crippen molar-refractivity contribution < 1.29 is 14.3 Å². The minimum Gasteiger partial charge on any atom is -0.493 e. The van der Waals surface area contributed by atoms with Gasteiger partial charge in [-0.15, -0.1) is 11.3 Å². The van der Waals surface area contributed by atoms with Crippen molar-refractivity contribution in [1.29, 1.82) is 0 Å². The Balaban J connectivity index is 1.54. The van der Waals surface area contributed by atoms with Crippen LogP contribution in [0.3, 0.4) is 0 Å². The van der Waals surface area contributed by atoms with Gasteiger partial charge in [-0.25, -0.2) is 4.98 Å². The van der Waals surface area contributed by atoms with Gasteiger partial charge in [0.15, 0.2) is 16.6 Å². The third kappa shape index (κ3) is 3.73. The highest BCUT2D eigenvalue weighted by molar-refractivity contribution is 7.13. The van der Waals surface area contributed by atoms with Crippen LogP contribution in [-0.4, -0.2) is 30.6 Å². The second-order valence-electron chi connectivity index (χ2n) is 5.41. The first-order chi connectivity index (χ1) is 11.2. The van der Waals surface area contributed by atoms with Crippen LogP contribution >= 0.6 is 11.3 Å². The molecule has 0 fully saturated rings. The molecule has 0 radical (unpaired) electrons. The number of hydrogen-bond donors (Lipinski definition) is 2. The van der Waals surface area contributed by atoms with Gasteiger partial charge in [0, 0.05) is 17.4 Å². The minimum absolute atomic E-state index is 0.00322. The lowest BCUT2D eigenvalue weighted by Gasteiger charge is -2.27. The summed E-state index contributed by atoms with van der Waals surface area (Å²) in [6.45, 7) is 0.447. The largest absolute Gasteiger partial charge is 0.493 e. The molecule has 23 heavy (non-hydrogen) atoms. The Kier molecular flexibility index (Phi) is 4.66. The van der Waals surface area contributed by atoms with Crippen molar-refractivity contribution in [2.75, 3.05) is 19.5 Å². The first-order valence-electron chi connectivity index (χ1n) is 7.43. The Morgan fingerprint density at radius 1 is 1.57 bits per heavy atom. The van der Waals surface area contributed by atoms with Crippen molar-refractivity contribution in [2.45, 2.75) is 25.3 Å². The molecule has 0 saturated carbocycles. The Morgan fingerprint density at radius 3 is 3.17 bits per heavy atom. The number of nitrogens with zero attached hydrogens (tertiary/aromatic N) is 1. The maximum Gasteiger partial charge on any atom is 0.220 e. The standard InChI is InChI=1S/C16H19N3O3S/c1-21-13-4-2-3-10-7-12(8-22-15(10)13)18-14(20)6-5-11-9-23-16(17)19-11/h2-4,9,12H,5-8H2,1H3,(H2,17,19)(H,18,20)/t12-/m1/s1. The van der Waals surface area contributed by atoms with E-state index in [2.05, 4.69) is 10.3 Å². The second-order valence-corrected chi connectivity index (χ2v) is 6.29. The maximum absolute atomic E-state index is 12.1. The molecule has 6 nitrogen and oxygen atoms in total. The second kappa shape index (κ2) is 6.87. The molecule has 122 valence electrons. The van der Waals surface area contributed by atoms with E-state index in [1.807, 2.05) is 23.6 Å². The number of methoxy groups -OCH3 is 1. The Morgan fingerprint density at radius 2 is 2.43 bits per heavy atom. The summed E-state index contributed by atoms with van der Waals surface area (Å²) in [5.74, 6) is 1.50. The van der Waals surface area contributed by atoms with Gasteiger partial charge in [-0.3, -0.25) is 4.79 Å². The van der Waals surface area contributed by atoms with Crippen molar-refractivity contribution >= 4 is 22.4 Å². The molecule has 1 aliphatic rings. The normalized spacial score (nSPS) is 16.3. The summed E-state index contributed by atoms with van der Waals surface area (Å²) in [6.07, 6.45) is 1.73. The molecular formula is C16H19N3O3S. The number of hydrogen-bond acceptors (Lipinski definition) is 6. The SMILES string of the molecule is COc1cccc2c1OC[C@H](NC(=O)CCc1csc(N)n1)C2. The molecule has 2 aromatic rings. The quantitative estimate of drug-likeness (QED) is 0.871. The topological polar surface area (TPSA) is 86.5 Å². The zero-order chi connectivity index (χ0) is 16.2. The molecule has 1 atom stereocenters. The molecular weight excluding hydrogens is 314 g/mol. The van der Waals surface area contributed by atoms with Crippen LogP contribution in [0.2, 0.25) is 0 Å². The van der Waals surface area contributed by atoms with Gasteiger partial charge < -0.3 is 20.5 Å². The average Bonchev–Trinajstić information content (AvgIpc) is 2.97. The number of rotatable bonds is 5. The van der Waals surface area contributed by atoms with E-state index in [9.17, 15) is 4.79 Å². The minimum atomic E-state index is -0.0254. The van der Waals surface area contributed by atoms with E-state index in [1.165, 1.54) is 11.3 Å². The molecule has 1 aromatic carbocycles. The van der Waals surface area contributed by atoms with Crippen molar-refractivity contribution in [1.82, 2.24) is 10.3 Å². The monoisotopic (exact) mass is 333 g/mol. The van der Waals surface area contributed by atoms with Gasteiger partial charge in [-0.2, -0.15) is 0 Å². The summed E-state index contributed by atoms with van der Waals surface area (Å²) in [7, 11) is 1.62. The average molecular weight is 333 g/mol. The molecule has 7 heteroatoms. The maximum atomic E-state index is 12.1. The number of para-hydroxylation sites is 1. The number of aryl methyl sites for hydroxylation is 1. The Labute approximate surface area is 138 Å². The number of thiazole rings is 1. The smallest absolute Gasteiger partial charge is 0.220 e. The van der Waals surface area contributed by atoms with Crippen LogP contribution in [0.25, 0.3) is 0 Å². The first kappa shape index (κ1) is 15.6. The van der Waals surface area contributed by atoms with E-state index in [1.54, 1.807) is 7.11 Å². The number of fused-ring (bicyclic) bond motifs is 1. The molecule has 0 unspecified atom stereocenters. The summed E-state index contributed by atoms with van der Waals surface area (Å²) in [4.78, 5) is 16.2. The lowest BCUT2D eigenvalue weighted by Crippen LogP contribution is -2.42. The lowest BCUT2D eigenvalue weighted by atomic mass is 10.0. The highest BCUT2D eigenvalue weighted by Gasteiger charge is 2.23. The fourth-order valence-corrected chi connectivity index (χ4v) is 3.22. The van der Waals surface area contributed by atoms with Crippen molar-refractivity contribution in [3.8, 4) is 11.5 Å². The van der Waals surface area contributed by atoms with Crippen LogP contribution in [0.5, 0.6) is 11.5 Å². The molecule has 3 rings (SSSR count). The number of benzene rings is 1. The lowest BCUT2D eigenvalue weighted by molar-refractivity contribution is -0.122. The third-order valence-corrected chi connectivity index (χ3v) is 4.44. The van der Waals surface area contributed by atoms with Crippen LogP contribution in [0.4, 0.5) is 5.13 Å². The number of carbonyl (C=O) groups excluding carboxylic acids is 1. The molecule has 1 amide bonds. The fraction of sp³-hybridized carbons (Fsp3) is 0.375. The third-order valence-electron chi connectivity index (χ3n) is 3.72. The molecule has 0 saturated heterocycles. The van der Waals surface area contributed by atoms with E-state index in [4.69, 9.17) is 15.2 Å². The zero-order valence-electron chi connectivity index (χ0n) is 12.9. The van der Waals surface area contributed by atoms with Gasteiger partial charge in [0.1, 0.15) is 6.61 Å². The number of nitrogens with one attached hydrogen (secondary N) is 1. The Bertz CT molecular complexity index is 702. The van der Waals surface area contributed by atoms with Crippen molar-refractivity contribution in [3.63, 3.8) is 0 Å². The molecule has 3 N–H and O–H groups in total. The van der Waals surface area contributed by atoms with Gasteiger partial charge in [0.25, 0.3) is 0 Å². The van der Waals surface area contributed by atoms with E-state index in [0.717, 1.165) is 29.2 Å². The van der Waals surface area contributed by atoms with Crippen molar-refractivity contribution in [2.24, 2.45) is 0 Å². The first-order valence-corrected chi connectivity index (χ1v) is 8.31. The summed E-state index contributed by atoms with van der Waals surface area (Å²) in [5, 5.41) is 5.43. The number of amides is 1. The van der Waals surface area contributed by atoms with E-state index < -0.39 is 0 Å². The molecule has 0 bridgehead atoms. The van der Waals surface area contributed by atoms with E-state index in [0.29, 0.717) is 24.6 Å². The van der Waals surface area contributed by atoms with Crippen LogP contribution < -0.4 is 20.5 Å².